The summed E-state index contributed by atoms with van der Waals surface area (Å²) in [4.78, 5) is 17.8. The van der Waals surface area contributed by atoms with Gasteiger partial charge in [-0.1, -0.05) is 6.07 Å². The van der Waals surface area contributed by atoms with E-state index in [4.69, 9.17) is 9.47 Å². The number of benzene rings is 1. The van der Waals surface area contributed by atoms with Crippen LogP contribution < -0.4 is 9.47 Å². The number of carbonyl (C=O) groups excluding carboxylic acids is 1. The van der Waals surface area contributed by atoms with Gasteiger partial charge in [0.05, 0.1) is 13.0 Å². The van der Waals surface area contributed by atoms with Gasteiger partial charge in [0.25, 0.3) is 0 Å². The van der Waals surface area contributed by atoms with E-state index in [-0.39, 0.29) is 11.8 Å². The van der Waals surface area contributed by atoms with Crippen molar-refractivity contribution in [1.82, 2.24) is 9.80 Å². The third-order valence-electron chi connectivity index (χ3n) is 6.13. The smallest absolute Gasteiger partial charge is 0.229 e. The largest absolute Gasteiger partial charge is 0.497 e. The van der Waals surface area contributed by atoms with Crippen LogP contribution in [0.3, 0.4) is 0 Å². The number of amides is 1. The maximum absolute atomic E-state index is 13.2. The molecule has 0 bridgehead atoms. The molecule has 2 saturated heterocycles. The maximum Gasteiger partial charge on any atom is 0.229 e. The molecule has 0 N–H and O–H groups in total. The quantitative estimate of drug-likeness (QED) is 0.844. The number of likely N-dealkylation sites (tertiary alicyclic amines) is 2. The molecule has 3 atom stereocenters. The van der Waals surface area contributed by atoms with E-state index in [1.807, 2.05) is 18.2 Å². The Kier molecular flexibility index (Phi) is 4.59. The highest BCUT2D eigenvalue weighted by molar-refractivity contribution is 5.80. The molecular weight excluding hydrogens is 316 g/mol. The predicted molar refractivity (Wildman–Crippen MR) is 96.1 cm³/mol. The lowest BCUT2D eigenvalue weighted by Gasteiger charge is -2.36. The minimum Gasteiger partial charge on any atom is -0.497 e. The molecule has 3 heterocycles. The van der Waals surface area contributed by atoms with Gasteiger partial charge < -0.3 is 19.3 Å². The first-order valence-corrected chi connectivity index (χ1v) is 9.48. The van der Waals surface area contributed by atoms with Gasteiger partial charge in [-0.2, -0.15) is 0 Å². The zero-order valence-electron chi connectivity index (χ0n) is 15.2. The van der Waals surface area contributed by atoms with E-state index in [1.54, 1.807) is 7.11 Å². The Morgan fingerprint density at radius 3 is 2.76 bits per heavy atom. The second-order valence-electron chi connectivity index (χ2n) is 7.62. The molecule has 0 radical (unpaired) electrons. The first kappa shape index (κ1) is 16.7. The number of nitrogens with zero attached hydrogens (tertiary/aromatic N) is 2. The summed E-state index contributed by atoms with van der Waals surface area (Å²) in [6, 6.07) is 6.81. The van der Waals surface area contributed by atoms with Gasteiger partial charge in [-0.15, -0.1) is 0 Å². The van der Waals surface area contributed by atoms with E-state index in [2.05, 4.69) is 16.8 Å². The molecule has 136 valence electrons. The highest BCUT2D eigenvalue weighted by Gasteiger charge is 2.41. The highest BCUT2D eigenvalue weighted by atomic mass is 16.5. The van der Waals surface area contributed by atoms with Gasteiger partial charge in [-0.3, -0.25) is 4.79 Å². The molecule has 3 unspecified atom stereocenters. The maximum atomic E-state index is 13.2. The van der Waals surface area contributed by atoms with E-state index in [0.717, 1.165) is 49.4 Å². The fourth-order valence-electron chi connectivity index (χ4n) is 4.76. The van der Waals surface area contributed by atoms with Crippen LogP contribution in [-0.2, 0) is 11.2 Å². The number of ether oxygens (including phenoxy) is 2. The summed E-state index contributed by atoms with van der Waals surface area (Å²) in [6.07, 6.45) is 5.50. The van der Waals surface area contributed by atoms with Crippen molar-refractivity contribution < 1.29 is 14.3 Å². The summed E-state index contributed by atoms with van der Waals surface area (Å²) in [5.41, 5.74) is 1.11. The van der Waals surface area contributed by atoms with Crippen molar-refractivity contribution >= 4 is 5.91 Å². The molecule has 1 aromatic rings. The van der Waals surface area contributed by atoms with Crippen LogP contribution in [0.2, 0.25) is 0 Å². The summed E-state index contributed by atoms with van der Waals surface area (Å²) in [5, 5.41) is 0. The Hall–Kier alpha value is -1.75. The number of hydrogen-bond acceptors (Lipinski definition) is 4. The Bertz CT molecular complexity index is 648. The van der Waals surface area contributed by atoms with Crippen molar-refractivity contribution in [3.63, 3.8) is 0 Å². The molecular formula is C20H28N2O3. The molecule has 5 heteroatoms. The fraction of sp³-hybridized carbons (Fsp3) is 0.650. The highest BCUT2D eigenvalue weighted by Crippen LogP contribution is 2.34. The lowest BCUT2D eigenvalue weighted by atomic mass is 9.94. The SMILES string of the molecule is COc1ccc2c(c1)OCC(C(=O)N1CCCC1C1CCCN1C)C2. The van der Waals surface area contributed by atoms with Crippen LogP contribution in [0.15, 0.2) is 18.2 Å². The van der Waals surface area contributed by atoms with Gasteiger partial charge in [0.15, 0.2) is 0 Å². The van der Waals surface area contributed by atoms with Gasteiger partial charge >= 0.3 is 0 Å². The Morgan fingerprint density at radius 2 is 2.00 bits per heavy atom. The summed E-state index contributed by atoms with van der Waals surface area (Å²) >= 11 is 0. The molecule has 1 aromatic carbocycles. The second kappa shape index (κ2) is 6.87. The molecule has 0 aliphatic carbocycles. The predicted octanol–water partition coefficient (Wildman–Crippen LogP) is 2.33. The van der Waals surface area contributed by atoms with Crippen LogP contribution >= 0.6 is 0 Å². The number of likely N-dealkylation sites (N-methyl/N-ethyl adjacent to an activating group) is 1. The first-order chi connectivity index (χ1) is 12.2. The summed E-state index contributed by atoms with van der Waals surface area (Å²) in [6.45, 7) is 2.54. The van der Waals surface area contributed by atoms with Crippen LogP contribution in [0.1, 0.15) is 31.2 Å². The second-order valence-corrected chi connectivity index (χ2v) is 7.62. The number of carbonyl (C=O) groups is 1. The minimum atomic E-state index is -0.0618. The Labute approximate surface area is 149 Å². The molecule has 1 amide bonds. The molecule has 3 aliphatic rings. The molecule has 0 spiro atoms. The van der Waals surface area contributed by atoms with Crippen LogP contribution in [0.25, 0.3) is 0 Å². The fourth-order valence-corrected chi connectivity index (χ4v) is 4.76. The Morgan fingerprint density at radius 1 is 1.20 bits per heavy atom. The number of hydrogen-bond donors (Lipinski definition) is 0. The number of rotatable bonds is 3. The summed E-state index contributed by atoms with van der Waals surface area (Å²) in [5.74, 6) is 1.88. The molecule has 0 aromatic heterocycles. The average molecular weight is 344 g/mol. The van der Waals surface area contributed by atoms with E-state index >= 15 is 0 Å². The van der Waals surface area contributed by atoms with Crippen molar-refractivity contribution in [1.29, 1.82) is 0 Å². The molecule has 2 fully saturated rings. The van der Waals surface area contributed by atoms with Crippen molar-refractivity contribution in [3.8, 4) is 11.5 Å². The number of fused-ring (bicyclic) bond motifs is 1. The van der Waals surface area contributed by atoms with Crippen molar-refractivity contribution in [2.24, 2.45) is 5.92 Å². The average Bonchev–Trinajstić information content (AvgIpc) is 3.28. The van der Waals surface area contributed by atoms with E-state index in [1.165, 1.54) is 12.8 Å². The van der Waals surface area contributed by atoms with E-state index in [0.29, 0.717) is 18.7 Å². The summed E-state index contributed by atoms with van der Waals surface area (Å²) in [7, 11) is 3.86. The first-order valence-electron chi connectivity index (χ1n) is 9.48. The molecule has 4 rings (SSSR count). The normalized spacial score (nSPS) is 29.4. The van der Waals surface area contributed by atoms with Crippen molar-refractivity contribution in [2.75, 3.05) is 33.9 Å². The number of methoxy groups -OCH3 is 1. The lowest BCUT2D eigenvalue weighted by Crippen LogP contribution is -2.50. The third-order valence-corrected chi connectivity index (χ3v) is 6.13. The molecule has 0 saturated carbocycles. The van der Waals surface area contributed by atoms with Gasteiger partial charge in [0.1, 0.15) is 18.1 Å². The standard InChI is InChI=1S/C20H28N2O3/c1-21-9-3-5-17(21)18-6-4-10-22(18)20(23)15-11-14-7-8-16(24-2)12-19(14)25-13-15/h7-8,12,15,17-18H,3-6,9-11,13H2,1-2H3. The van der Waals surface area contributed by atoms with Crippen molar-refractivity contribution in [3.05, 3.63) is 23.8 Å². The molecule has 5 nitrogen and oxygen atoms in total. The van der Waals surface area contributed by atoms with Gasteiger partial charge in [-0.25, -0.2) is 0 Å². The summed E-state index contributed by atoms with van der Waals surface area (Å²) < 4.78 is 11.2. The monoisotopic (exact) mass is 344 g/mol. The van der Waals surface area contributed by atoms with Gasteiger partial charge in [0.2, 0.25) is 5.91 Å². The van der Waals surface area contributed by atoms with Crippen LogP contribution in [0, 0.1) is 5.92 Å². The van der Waals surface area contributed by atoms with Crippen molar-refractivity contribution in [2.45, 2.75) is 44.2 Å². The molecule has 25 heavy (non-hydrogen) atoms. The zero-order valence-corrected chi connectivity index (χ0v) is 15.2. The van der Waals surface area contributed by atoms with Crippen LogP contribution in [0.4, 0.5) is 0 Å². The third kappa shape index (κ3) is 3.10. The van der Waals surface area contributed by atoms with Gasteiger partial charge in [0, 0.05) is 24.7 Å². The molecule has 3 aliphatic heterocycles. The lowest BCUT2D eigenvalue weighted by molar-refractivity contribution is -0.138. The zero-order chi connectivity index (χ0) is 17.4. The van der Waals surface area contributed by atoms with Crippen LogP contribution in [0.5, 0.6) is 11.5 Å². The topological polar surface area (TPSA) is 42.0 Å². The minimum absolute atomic E-state index is 0.0618. The Balaban J connectivity index is 1.47. The van der Waals surface area contributed by atoms with E-state index in [9.17, 15) is 4.79 Å². The van der Waals surface area contributed by atoms with E-state index < -0.39 is 0 Å². The van der Waals surface area contributed by atoms with Crippen LogP contribution in [-0.4, -0.2) is 61.6 Å². The van der Waals surface area contributed by atoms with Gasteiger partial charge in [-0.05, 0) is 57.3 Å².